The maximum absolute atomic E-state index is 9.15. The van der Waals surface area contributed by atoms with Crippen LogP contribution >= 0.6 is 11.6 Å². The van der Waals surface area contributed by atoms with Crippen LogP contribution in [0.15, 0.2) is 0 Å². The molecule has 98 valence electrons. The minimum Gasteiger partial charge on any atom is -0.356 e. The number of rotatable bonds is 5. The Bertz CT molecular complexity index is 449. The molecular weight excluding hydrogens is 250 g/mol. The summed E-state index contributed by atoms with van der Waals surface area (Å²) < 4.78 is 0. The van der Waals surface area contributed by atoms with E-state index in [1.807, 2.05) is 32.6 Å². The number of halogens is 1. The Labute approximate surface area is 113 Å². The lowest BCUT2D eigenvalue weighted by Gasteiger charge is -2.22. The second-order valence-electron chi connectivity index (χ2n) is 4.12. The molecule has 0 amide bonds. The zero-order chi connectivity index (χ0) is 13.7. The molecule has 0 aliphatic carbocycles. The molecule has 0 aliphatic rings. The first-order chi connectivity index (χ1) is 8.53. The number of aromatic nitrogens is 2. The van der Waals surface area contributed by atoms with Crippen LogP contribution in [0.4, 0.5) is 11.8 Å². The van der Waals surface area contributed by atoms with Crippen LogP contribution in [0, 0.1) is 11.3 Å². The van der Waals surface area contributed by atoms with Crippen molar-refractivity contribution in [3.8, 4) is 6.07 Å². The van der Waals surface area contributed by atoms with Gasteiger partial charge >= 0.3 is 0 Å². The quantitative estimate of drug-likeness (QED) is 0.831. The first-order valence-electron chi connectivity index (χ1n) is 6.02. The fraction of sp³-hybridized carbons (Fsp3) is 0.583. The van der Waals surface area contributed by atoms with Crippen LogP contribution in [0.25, 0.3) is 0 Å². The summed E-state index contributed by atoms with van der Waals surface area (Å²) in [7, 11) is 0. The van der Waals surface area contributed by atoms with E-state index >= 15 is 0 Å². The molecule has 0 fully saturated rings. The summed E-state index contributed by atoms with van der Waals surface area (Å²) in [6.07, 6.45) is 0. The minimum absolute atomic E-state index is 0.192. The largest absolute Gasteiger partial charge is 0.356 e. The smallest absolute Gasteiger partial charge is 0.226 e. The van der Waals surface area contributed by atoms with Gasteiger partial charge in [-0.3, -0.25) is 0 Å². The van der Waals surface area contributed by atoms with Crippen molar-refractivity contribution in [2.45, 2.75) is 33.7 Å². The van der Waals surface area contributed by atoms with E-state index in [1.54, 1.807) is 0 Å². The molecular formula is C12H18ClN5. The molecule has 0 aliphatic heterocycles. The number of hydrogen-bond acceptors (Lipinski definition) is 5. The van der Waals surface area contributed by atoms with E-state index in [2.05, 4.69) is 21.4 Å². The zero-order valence-electron chi connectivity index (χ0n) is 11.2. The highest BCUT2D eigenvalue weighted by atomic mass is 35.5. The molecule has 6 heteroatoms. The van der Waals surface area contributed by atoms with Gasteiger partial charge in [0.1, 0.15) is 11.6 Å². The standard InChI is InChI=1S/C12H18ClN5/c1-5-18(6-2)11-9(7-14)10(13)16-12(17-11)15-8(3)4/h8H,5-6H2,1-4H3,(H,15,16,17). The third-order valence-corrected chi connectivity index (χ3v) is 2.71. The minimum atomic E-state index is 0.192. The summed E-state index contributed by atoms with van der Waals surface area (Å²) in [5, 5.41) is 12.4. The molecule has 0 bridgehead atoms. The van der Waals surface area contributed by atoms with E-state index in [0.29, 0.717) is 17.3 Å². The molecule has 5 nitrogen and oxygen atoms in total. The van der Waals surface area contributed by atoms with Crippen molar-refractivity contribution in [3.63, 3.8) is 0 Å². The Morgan fingerprint density at radius 3 is 2.39 bits per heavy atom. The summed E-state index contributed by atoms with van der Waals surface area (Å²) in [6, 6.07) is 2.27. The molecule has 0 atom stereocenters. The van der Waals surface area contributed by atoms with E-state index in [-0.39, 0.29) is 11.2 Å². The molecule has 0 aromatic carbocycles. The second-order valence-corrected chi connectivity index (χ2v) is 4.48. The average Bonchev–Trinajstić information content (AvgIpc) is 2.29. The van der Waals surface area contributed by atoms with Gasteiger partial charge in [0.15, 0.2) is 11.0 Å². The number of hydrogen-bond donors (Lipinski definition) is 1. The molecule has 0 spiro atoms. The van der Waals surface area contributed by atoms with Gasteiger partial charge in [0.25, 0.3) is 0 Å². The molecule has 0 saturated heterocycles. The van der Waals surface area contributed by atoms with Gasteiger partial charge in [0.2, 0.25) is 5.95 Å². The highest BCUT2D eigenvalue weighted by Crippen LogP contribution is 2.25. The summed E-state index contributed by atoms with van der Waals surface area (Å²) in [5.74, 6) is 1.04. The molecule has 0 radical (unpaired) electrons. The van der Waals surface area contributed by atoms with Crippen LogP contribution < -0.4 is 10.2 Å². The van der Waals surface area contributed by atoms with Gasteiger partial charge < -0.3 is 10.2 Å². The van der Waals surface area contributed by atoms with Crippen LogP contribution in [0.3, 0.4) is 0 Å². The Balaban J connectivity index is 3.28. The lowest BCUT2D eigenvalue weighted by Crippen LogP contribution is -2.25. The molecule has 1 heterocycles. The fourth-order valence-electron chi connectivity index (χ4n) is 1.59. The lowest BCUT2D eigenvalue weighted by molar-refractivity contribution is 0.827. The third kappa shape index (κ3) is 3.23. The Morgan fingerprint density at radius 2 is 1.94 bits per heavy atom. The normalized spacial score (nSPS) is 10.3. The van der Waals surface area contributed by atoms with E-state index < -0.39 is 0 Å². The summed E-state index contributed by atoms with van der Waals surface area (Å²) >= 11 is 6.04. The molecule has 18 heavy (non-hydrogen) atoms. The second kappa shape index (κ2) is 6.41. The Morgan fingerprint density at radius 1 is 1.33 bits per heavy atom. The topological polar surface area (TPSA) is 64.8 Å². The van der Waals surface area contributed by atoms with Gasteiger partial charge in [-0.25, -0.2) is 0 Å². The SMILES string of the molecule is CCN(CC)c1nc(NC(C)C)nc(Cl)c1C#N. The molecule has 0 saturated carbocycles. The Kier molecular flexibility index (Phi) is 5.17. The zero-order valence-corrected chi connectivity index (χ0v) is 11.9. The number of nitrogens with one attached hydrogen (secondary N) is 1. The maximum atomic E-state index is 9.15. The van der Waals surface area contributed by atoms with Gasteiger partial charge in [-0.2, -0.15) is 15.2 Å². The van der Waals surface area contributed by atoms with Crippen molar-refractivity contribution in [2.24, 2.45) is 0 Å². The number of anilines is 2. The highest BCUT2D eigenvalue weighted by molar-refractivity contribution is 6.31. The van der Waals surface area contributed by atoms with Crippen molar-refractivity contribution < 1.29 is 0 Å². The fourth-order valence-corrected chi connectivity index (χ4v) is 1.80. The highest BCUT2D eigenvalue weighted by Gasteiger charge is 2.17. The molecule has 1 aromatic heterocycles. The molecule has 0 unspecified atom stereocenters. The summed E-state index contributed by atoms with van der Waals surface area (Å²) in [4.78, 5) is 10.5. The van der Waals surface area contributed by atoms with Crippen LogP contribution in [0.2, 0.25) is 5.15 Å². The van der Waals surface area contributed by atoms with E-state index in [1.165, 1.54) is 0 Å². The van der Waals surface area contributed by atoms with Crippen molar-refractivity contribution in [1.82, 2.24) is 9.97 Å². The number of nitrogens with zero attached hydrogens (tertiary/aromatic N) is 4. The van der Waals surface area contributed by atoms with Crippen molar-refractivity contribution >= 4 is 23.4 Å². The van der Waals surface area contributed by atoms with E-state index in [4.69, 9.17) is 16.9 Å². The van der Waals surface area contributed by atoms with Crippen molar-refractivity contribution in [3.05, 3.63) is 10.7 Å². The van der Waals surface area contributed by atoms with E-state index in [0.717, 1.165) is 13.1 Å². The van der Waals surface area contributed by atoms with Crippen LogP contribution in [-0.2, 0) is 0 Å². The molecule has 1 aromatic rings. The first kappa shape index (κ1) is 14.5. The monoisotopic (exact) mass is 267 g/mol. The average molecular weight is 268 g/mol. The summed E-state index contributed by atoms with van der Waals surface area (Å²) in [5.41, 5.74) is 0.328. The van der Waals surface area contributed by atoms with Gasteiger partial charge in [-0.05, 0) is 27.7 Å². The predicted octanol–water partition coefficient (Wildman–Crippen LogP) is 2.67. The Hall–Kier alpha value is -1.54. The third-order valence-electron chi connectivity index (χ3n) is 2.44. The van der Waals surface area contributed by atoms with Crippen molar-refractivity contribution in [1.29, 1.82) is 5.26 Å². The molecule has 1 N–H and O–H groups in total. The van der Waals surface area contributed by atoms with Crippen LogP contribution in [-0.4, -0.2) is 29.1 Å². The van der Waals surface area contributed by atoms with Gasteiger partial charge in [0.05, 0.1) is 0 Å². The predicted molar refractivity (Wildman–Crippen MR) is 74.1 cm³/mol. The lowest BCUT2D eigenvalue weighted by atomic mass is 10.3. The van der Waals surface area contributed by atoms with Gasteiger partial charge in [-0.1, -0.05) is 11.6 Å². The first-order valence-corrected chi connectivity index (χ1v) is 6.40. The van der Waals surface area contributed by atoms with E-state index in [9.17, 15) is 0 Å². The van der Waals surface area contributed by atoms with Gasteiger partial charge in [0, 0.05) is 19.1 Å². The maximum Gasteiger partial charge on any atom is 0.226 e. The molecule has 1 rings (SSSR count). The van der Waals surface area contributed by atoms with Crippen LogP contribution in [0.5, 0.6) is 0 Å². The summed E-state index contributed by atoms with van der Waals surface area (Å²) in [6.45, 7) is 9.53. The van der Waals surface area contributed by atoms with Crippen LogP contribution in [0.1, 0.15) is 33.3 Å². The number of nitriles is 1. The van der Waals surface area contributed by atoms with Gasteiger partial charge in [-0.15, -0.1) is 0 Å². The van der Waals surface area contributed by atoms with Crippen molar-refractivity contribution in [2.75, 3.05) is 23.3 Å².